The lowest BCUT2D eigenvalue weighted by Gasteiger charge is -2.38. The molecule has 0 saturated heterocycles. The summed E-state index contributed by atoms with van der Waals surface area (Å²) in [7, 11) is 0. The smallest absolute Gasteiger partial charge is 0.152 e. The summed E-state index contributed by atoms with van der Waals surface area (Å²) in [6.07, 6.45) is 8.81. The normalized spacial score (nSPS) is 16.1. The molecule has 2 atom stereocenters. The number of ketones is 1. The zero-order chi connectivity index (χ0) is 13.5. The highest BCUT2D eigenvalue weighted by Gasteiger charge is 2.31. The van der Waals surface area contributed by atoms with E-state index in [1.807, 2.05) is 0 Å². The summed E-state index contributed by atoms with van der Waals surface area (Å²) < 4.78 is 0. The molecule has 0 fully saturated rings. The minimum Gasteiger partial charge on any atom is -0.295 e. The zero-order valence-corrected chi connectivity index (χ0v) is 12.5. The van der Waals surface area contributed by atoms with Crippen molar-refractivity contribution in [1.82, 2.24) is 0 Å². The molecule has 0 aliphatic carbocycles. The van der Waals surface area contributed by atoms with E-state index in [4.69, 9.17) is 0 Å². The third kappa shape index (κ3) is 5.52. The average Bonchev–Trinajstić information content (AvgIpc) is 2.25. The first-order valence-corrected chi connectivity index (χ1v) is 7.04. The van der Waals surface area contributed by atoms with Crippen molar-refractivity contribution in [2.24, 2.45) is 17.3 Å². The van der Waals surface area contributed by atoms with Gasteiger partial charge < -0.3 is 0 Å². The molecule has 100 valence electrons. The van der Waals surface area contributed by atoms with E-state index in [9.17, 15) is 4.79 Å². The average molecular weight is 238 g/mol. The van der Waals surface area contributed by atoms with E-state index >= 15 is 0 Å². The molecule has 0 spiro atoms. The van der Waals surface area contributed by atoms with Gasteiger partial charge in [0.1, 0.15) is 0 Å². The van der Waals surface area contributed by atoms with Crippen molar-refractivity contribution in [3.63, 3.8) is 0 Å². The molecule has 0 heterocycles. The van der Waals surface area contributed by atoms with Gasteiger partial charge in [0, 0.05) is 0 Å². The Morgan fingerprint density at radius 3 is 2.29 bits per heavy atom. The third-order valence-electron chi connectivity index (χ3n) is 4.22. The molecular weight excluding hydrogens is 208 g/mol. The SMILES string of the molecule is CCCCC(C)C(C)(C)C(/C=C/C(C)=O)CC. The van der Waals surface area contributed by atoms with Crippen molar-refractivity contribution in [2.75, 3.05) is 0 Å². The van der Waals surface area contributed by atoms with Gasteiger partial charge in [0.2, 0.25) is 0 Å². The highest BCUT2D eigenvalue weighted by atomic mass is 16.1. The first kappa shape index (κ1) is 16.4. The molecule has 1 nitrogen and oxygen atoms in total. The fourth-order valence-corrected chi connectivity index (χ4v) is 2.41. The zero-order valence-electron chi connectivity index (χ0n) is 12.5. The van der Waals surface area contributed by atoms with Gasteiger partial charge in [-0.1, -0.05) is 60.0 Å². The Hall–Kier alpha value is -0.590. The Morgan fingerprint density at radius 2 is 1.88 bits per heavy atom. The molecule has 0 aliphatic heterocycles. The van der Waals surface area contributed by atoms with Gasteiger partial charge in [-0.25, -0.2) is 0 Å². The molecule has 0 radical (unpaired) electrons. The van der Waals surface area contributed by atoms with Crippen LogP contribution in [0.3, 0.4) is 0 Å². The second-order valence-corrected chi connectivity index (χ2v) is 5.85. The van der Waals surface area contributed by atoms with Crippen molar-refractivity contribution in [3.05, 3.63) is 12.2 Å². The number of hydrogen-bond acceptors (Lipinski definition) is 1. The first-order chi connectivity index (χ1) is 7.86. The van der Waals surface area contributed by atoms with E-state index in [0.29, 0.717) is 11.8 Å². The summed E-state index contributed by atoms with van der Waals surface area (Å²) in [5.41, 5.74) is 0.274. The molecule has 0 aliphatic rings. The molecule has 0 aromatic heterocycles. The van der Waals surface area contributed by atoms with Crippen LogP contribution in [0.15, 0.2) is 12.2 Å². The van der Waals surface area contributed by atoms with Gasteiger partial charge in [-0.2, -0.15) is 0 Å². The van der Waals surface area contributed by atoms with E-state index in [0.717, 1.165) is 6.42 Å². The maximum absolute atomic E-state index is 11.0. The molecule has 0 aromatic rings. The van der Waals surface area contributed by atoms with Crippen LogP contribution >= 0.6 is 0 Å². The summed E-state index contributed by atoms with van der Waals surface area (Å²) >= 11 is 0. The highest BCUT2D eigenvalue weighted by molar-refractivity contribution is 5.87. The van der Waals surface area contributed by atoms with Gasteiger partial charge >= 0.3 is 0 Å². The van der Waals surface area contributed by atoms with E-state index in [-0.39, 0.29) is 11.2 Å². The van der Waals surface area contributed by atoms with Crippen molar-refractivity contribution in [2.45, 2.75) is 67.2 Å². The third-order valence-corrected chi connectivity index (χ3v) is 4.22. The number of rotatable bonds is 8. The van der Waals surface area contributed by atoms with Gasteiger partial charge in [-0.3, -0.25) is 4.79 Å². The Kier molecular flexibility index (Phi) is 7.41. The molecule has 0 bridgehead atoms. The van der Waals surface area contributed by atoms with E-state index in [1.165, 1.54) is 19.3 Å². The predicted octanol–water partition coefficient (Wildman–Crippen LogP) is 5.01. The standard InChI is InChI=1S/C16H30O/c1-7-9-10-13(3)16(5,6)15(8-2)12-11-14(4)17/h11-13,15H,7-10H2,1-6H3/b12-11+. The van der Waals surface area contributed by atoms with Crippen LogP contribution in [0.5, 0.6) is 0 Å². The lowest BCUT2D eigenvalue weighted by molar-refractivity contribution is -0.112. The Balaban J connectivity index is 4.66. The van der Waals surface area contributed by atoms with Crippen LogP contribution in [0, 0.1) is 17.3 Å². The number of carbonyl (C=O) groups excluding carboxylic acids is 1. The second kappa shape index (κ2) is 7.68. The molecule has 0 amide bonds. The van der Waals surface area contributed by atoms with Crippen LogP contribution in [0.1, 0.15) is 67.2 Å². The van der Waals surface area contributed by atoms with Crippen LogP contribution < -0.4 is 0 Å². The molecule has 0 aromatic carbocycles. The molecular formula is C16H30O. The fourth-order valence-electron chi connectivity index (χ4n) is 2.41. The van der Waals surface area contributed by atoms with Crippen molar-refractivity contribution >= 4 is 5.78 Å². The van der Waals surface area contributed by atoms with Gasteiger partial charge in [-0.05, 0) is 36.7 Å². The highest BCUT2D eigenvalue weighted by Crippen LogP contribution is 2.40. The topological polar surface area (TPSA) is 17.1 Å². The van der Waals surface area contributed by atoms with Crippen LogP contribution in [0.2, 0.25) is 0 Å². The van der Waals surface area contributed by atoms with E-state index < -0.39 is 0 Å². The van der Waals surface area contributed by atoms with Gasteiger partial charge in [-0.15, -0.1) is 0 Å². The van der Waals surface area contributed by atoms with Crippen LogP contribution in [-0.4, -0.2) is 5.78 Å². The van der Waals surface area contributed by atoms with Crippen molar-refractivity contribution in [3.8, 4) is 0 Å². The Labute approximate surface area is 108 Å². The minimum atomic E-state index is 0.153. The summed E-state index contributed by atoms with van der Waals surface area (Å²) in [6, 6.07) is 0. The van der Waals surface area contributed by atoms with Gasteiger partial charge in [0.05, 0.1) is 0 Å². The maximum Gasteiger partial charge on any atom is 0.152 e. The number of allylic oxidation sites excluding steroid dienone is 2. The van der Waals surface area contributed by atoms with Gasteiger partial charge in [0.25, 0.3) is 0 Å². The van der Waals surface area contributed by atoms with E-state index in [1.54, 1.807) is 13.0 Å². The predicted molar refractivity (Wildman–Crippen MR) is 76.1 cm³/mol. The summed E-state index contributed by atoms with van der Waals surface area (Å²) in [4.78, 5) is 11.0. The number of hydrogen-bond donors (Lipinski definition) is 0. The van der Waals surface area contributed by atoms with Crippen LogP contribution in [0.4, 0.5) is 0 Å². The lowest BCUT2D eigenvalue weighted by atomic mass is 9.67. The van der Waals surface area contributed by atoms with Gasteiger partial charge in [0.15, 0.2) is 5.78 Å². The maximum atomic E-state index is 11.0. The molecule has 0 saturated carbocycles. The van der Waals surface area contributed by atoms with Crippen LogP contribution in [0.25, 0.3) is 0 Å². The largest absolute Gasteiger partial charge is 0.295 e. The summed E-state index contributed by atoms with van der Waals surface area (Å²) in [5, 5.41) is 0. The van der Waals surface area contributed by atoms with Crippen molar-refractivity contribution < 1.29 is 4.79 Å². The molecule has 0 rings (SSSR count). The molecule has 0 N–H and O–H groups in total. The lowest BCUT2D eigenvalue weighted by Crippen LogP contribution is -2.29. The molecule has 1 heteroatoms. The van der Waals surface area contributed by atoms with Crippen LogP contribution in [-0.2, 0) is 4.79 Å². The summed E-state index contributed by atoms with van der Waals surface area (Å²) in [6.45, 7) is 13.1. The second-order valence-electron chi connectivity index (χ2n) is 5.85. The quantitative estimate of drug-likeness (QED) is 0.543. The fraction of sp³-hybridized carbons (Fsp3) is 0.812. The first-order valence-electron chi connectivity index (χ1n) is 7.04. The monoisotopic (exact) mass is 238 g/mol. The van der Waals surface area contributed by atoms with Crippen molar-refractivity contribution in [1.29, 1.82) is 0 Å². The Bertz CT molecular complexity index is 250. The number of carbonyl (C=O) groups is 1. The summed E-state index contributed by atoms with van der Waals surface area (Å²) in [5.74, 6) is 1.35. The molecule has 2 unspecified atom stereocenters. The van der Waals surface area contributed by atoms with E-state index in [2.05, 4.69) is 40.7 Å². The number of unbranched alkanes of at least 4 members (excludes halogenated alkanes) is 1. The minimum absolute atomic E-state index is 0.153. The Morgan fingerprint density at radius 1 is 1.29 bits per heavy atom. The molecule has 17 heavy (non-hydrogen) atoms.